The number of carbonyl (C=O) groups excluding carboxylic acids is 1. The van der Waals surface area contributed by atoms with E-state index in [1.807, 2.05) is 0 Å². The zero-order valence-electron chi connectivity index (χ0n) is 10.0. The van der Waals surface area contributed by atoms with Crippen molar-refractivity contribution in [1.82, 2.24) is 0 Å². The lowest BCUT2D eigenvalue weighted by molar-refractivity contribution is 0.0823. The van der Waals surface area contributed by atoms with E-state index < -0.39 is 0 Å². The van der Waals surface area contributed by atoms with E-state index in [0.29, 0.717) is 36.8 Å². The maximum absolute atomic E-state index is 10.9. The molecule has 18 heavy (non-hydrogen) atoms. The van der Waals surface area contributed by atoms with Crippen LogP contribution in [0.25, 0.3) is 0 Å². The normalized spacial score (nSPS) is 29.4. The minimum Gasteiger partial charge on any atom is -0.507 e. The van der Waals surface area contributed by atoms with Crippen molar-refractivity contribution in [2.45, 2.75) is 31.5 Å². The van der Waals surface area contributed by atoms with Crippen molar-refractivity contribution >= 4 is 6.29 Å². The summed E-state index contributed by atoms with van der Waals surface area (Å²) in [5.74, 6) is 0.824. The van der Waals surface area contributed by atoms with Crippen LogP contribution in [-0.4, -0.2) is 30.2 Å². The second-order valence-corrected chi connectivity index (χ2v) is 4.99. The first-order valence-corrected chi connectivity index (χ1v) is 6.33. The molecule has 4 nitrogen and oxygen atoms in total. The van der Waals surface area contributed by atoms with E-state index in [9.17, 15) is 9.90 Å². The van der Waals surface area contributed by atoms with Crippen LogP contribution in [0.1, 0.15) is 29.6 Å². The number of benzene rings is 1. The SMILES string of the molecule is O=Cc1c(O)cccc1OC[C@H]1C[C@H]2CC[C@@H]1O2. The Hall–Kier alpha value is -1.55. The van der Waals surface area contributed by atoms with Gasteiger partial charge in [-0.2, -0.15) is 0 Å². The van der Waals surface area contributed by atoms with Crippen LogP contribution in [0, 0.1) is 5.92 Å². The number of hydrogen-bond acceptors (Lipinski definition) is 4. The molecule has 96 valence electrons. The molecule has 0 radical (unpaired) electrons. The molecule has 4 heteroatoms. The summed E-state index contributed by atoms with van der Waals surface area (Å²) >= 11 is 0. The van der Waals surface area contributed by atoms with Gasteiger partial charge in [0.25, 0.3) is 0 Å². The minimum atomic E-state index is -0.0355. The van der Waals surface area contributed by atoms with E-state index in [1.54, 1.807) is 12.1 Å². The van der Waals surface area contributed by atoms with Gasteiger partial charge in [0.1, 0.15) is 11.5 Å². The Balaban J connectivity index is 1.67. The van der Waals surface area contributed by atoms with Crippen molar-refractivity contribution in [2.24, 2.45) is 5.92 Å². The summed E-state index contributed by atoms with van der Waals surface area (Å²) in [4.78, 5) is 10.9. The van der Waals surface area contributed by atoms with Crippen molar-refractivity contribution < 1.29 is 19.4 Å². The molecule has 1 aromatic carbocycles. The van der Waals surface area contributed by atoms with Gasteiger partial charge in [-0.15, -0.1) is 0 Å². The lowest BCUT2D eigenvalue weighted by Gasteiger charge is -2.19. The van der Waals surface area contributed by atoms with Crippen LogP contribution >= 0.6 is 0 Å². The molecule has 1 N–H and O–H groups in total. The van der Waals surface area contributed by atoms with Crippen molar-refractivity contribution in [3.05, 3.63) is 23.8 Å². The maximum atomic E-state index is 10.9. The quantitative estimate of drug-likeness (QED) is 0.829. The molecular formula is C14H16O4. The highest BCUT2D eigenvalue weighted by Crippen LogP contribution is 2.39. The van der Waals surface area contributed by atoms with Gasteiger partial charge in [0.05, 0.1) is 24.4 Å². The Morgan fingerprint density at radius 1 is 1.44 bits per heavy atom. The summed E-state index contributed by atoms with van der Waals surface area (Å²) in [6.45, 7) is 0.547. The van der Waals surface area contributed by atoms with Crippen LogP contribution in [0.5, 0.6) is 11.5 Å². The van der Waals surface area contributed by atoms with Crippen LogP contribution < -0.4 is 4.74 Å². The van der Waals surface area contributed by atoms with E-state index >= 15 is 0 Å². The number of phenols is 1. The van der Waals surface area contributed by atoms with E-state index in [2.05, 4.69) is 0 Å². The molecule has 0 unspecified atom stereocenters. The topological polar surface area (TPSA) is 55.8 Å². The summed E-state index contributed by atoms with van der Waals surface area (Å²) in [6.07, 6.45) is 4.65. The molecule has 2 aliphatic heterocycles. The second-order valence-electron chi connectivity index (χ2n) is 4.99. The van der Waals surface area contributed by atoms with Crippen LogP contribution in [0.4, 0.5) is 0 Å². The fraction of sp³-hybridized carbons (Fsp3) is 0.500. The fourth-order valence-corrected chi connectivity index (χ4v) is 2.89. The first-order chi connectivity index (χ1) is 8.78. The molecule has 2 saturated heterocycles. The van der Waals surface area contributed by atoms with Gasteiger partial charge in [0.15, 0.2) is 6.29 Å². The Morgan fingerprint density at radius 3 is 3.00 bits per heavy atom. The highest BCUT2D eigenvalue weighted by Gasteiger charge is 2.41. The standard InChI is InChI=1S/C14H16O4/c15-7-11-12(16)2-1-3-14(11)17-8-9-6-10-4-5-13(9)18-10/h1-3,7,9-10,13,16H,4-6,8H2/t9-,10-,13+/m1/s1. The zero-order chi connectivity index (χ0) is 12.5. The Morgan fingerprint density at radius 2 is 2.33 bits per heavy atom. The summed E-state index contributed by atoms with van der Waals surface area (Å²) in [5, 5.41) is 9.55. The smallest absolute Gasteiger partial charge is 0.157 e. The molecule has 1 aromatic rings. The van der Waals surface area contributed by atoms with Gasteiger partial charge in [0, 0.05) is 5.92 Å². The second kappa shape index (κ2) is 4.61. The molecule has 2 aliphatic rings. The minimum absolute atomic E-state index is 0.0355. The van der Waals surface area contributed by atoms with Gasteiger partial charge in [-0.1, -0.05) is 6.07 Å². The Bertz CT molecular complexity index is 457. The predicted octanol–water partition coefficient (Wildman–Crippen LogP) is 2.15. The summed E-state index contributed by atoms with van der Waals surface area (Å²) in [6, 6.07) is 4.86. The molecule has 0 aliphatic carbocycles. The average Bonchev–Trinajstić information content (AvgIpc) is 2.98. The van der Waals surface area contributed by atoms with Gasteiger partial charge >= 0.3 is 0 Å². The number of aldehydes is 1. The third-order valence-corrected chi connectivity index (χ3v) is 3.85. The van der Waals surface area contributed by atoms with Gasteiger partial charge < -0.3 is 14.6 Å². The molecule has 0 spiro atoms. The Labute approximate surface area is 106 Å². The number of rotatable bonds is 4. The van der Waals surface area contributed by atoms with Crippen molar-refractivity contribution in [2.75, 3.05) is 6.61 Å². The molecule has 0 amide bonds. The van der Waals surface area contributed by atoms with Crippen LogP contribution in [0.3, 0.4) is 0 Å². The van der Waals surface area contributed by atoms with E-state index in [-0.39, 0.29) is 11.3 Å². The van der Waals surface area contributed by atoms with Crippen molar-refractivity contribution in [1.29, 1.82) is 0 Å². The van der Waals surface area contributed by atoms with Crippen LogP contribution in [0.2, 0.25) is 0 Å². The highest BCUT2D eigenvalue weighted by atomic mass is 16.5. The number of aromatic hydroxyl groups is 1. The third-order valence-electron chi connectivity index (χ3n) is 3.85. The monoisotopic (exact) mass is 248 g/mol. The predicted molar refractivity (Wildman–Crippen MR) is 65.0 cm³/mol. The average molecular weight is 248 g/mol. The fourth-order valence-electron chi connectivity index (χ4n) is 2.89. The van der Waals surface area contributed by atoms with Crippen LogP contribution in [-0.2, 0) is 4.74 Å². The number of ether oxygens (including phenoxy) is 2. The summed E-state index contributed by atoms with van der Waals surface area (Å²) in [5.41, 5.74) is 0.224. The van der Waals surface area contributed by atoms with Crippen molar-refractivity contribution in [3.63, 3.8) is 0 Å². The molecular weight excluding hydrogens is 232 g/mol. The molecule has 2 bridgehead atoms. The van der Waals surface area contributed by atoms with Gasteiger partial charge in [-0.05, 0) is 31.4 Å². The third kappa shape index (κ3) is 1.97. The number of phenolic OH excluding ortho intramolecular Hbond substituents is 1. The molecule has 3 rings (SSSR count). The highest BCUT2D eigenvalue weighted by molar-refractivity contribution is 5.83. The molecule has 2 heterocycles. The number of hydrogen-bond donors (Lipinski definition) is 1. The van der Waals surface area contributed by atoms with Crippen LogP contribution in [0.15, 0.2) is 18.2 Å². The summed E-state index contributed by atoms with van der Waals surface area (Å²) in [7, 11) is 0. The maximum Gasteiger partial charge on any atom is 0.157 e. The van der Waals surface area contributed by atoms with Crippen molar-refractivity contribution in [3.8, 4) is 11.5 Å². The number of fused-ring (bicyclic) bond motifs is 2. The zero-order valence-corrected chi connectivity index (χ0v) is 10.0. The molecule has 0 aromatic heterocycles. The Kier molecular flexibility index (Phi) is 2.96. The number of carbonyl (C=O) groups is 1. The lowest BCUT2D eigenvalue weighted by atomic mass is 9.90. The first-order valence-electron chi connectivity index (χ1n) is 6.33. The van der Waals surface area contributed by atoms with Gasteiger partial charge in [-0.3, -0.25) is 4.79 Å². The molecule has 2 fully saturated rings. The van der Waals surface area contributed by atoms with Gasteiger partial charge in [0.2, 0.25) is 0 Å². The first kappa shape index (κ1) is 11.5. The van der Waals surface area contributed by atoms with E-state index in [1.165, 1.54) is 6.07 Å². The van der Waals surface area contributed by atoms with E-state index in [4.69, 9.17) is 9.47 Å². The molecule has 3 atom stereocenters. The molecule has 0 saturated carbocycles. The largest absolute Gasteiger partial charge is 0.507 e. The lowest BCUT2D eigenvalue weighted by Crippen LogP contribution is -2.23. The van der Waals surface area contributed by atoms with Gasteiger partial charge in [-0.25, -0.2) is 0 Å². The van der Waals surface area contributed by atoms with E-state index in [0.717, 1.165) is 19.3 Å². The summed E-state index contributed by atoms with van der Waals surface area (Å²) < 4.78 is 11.4.